The van der Waals surface area contributed by atoms with Crippen LogP contribution in [0.5, 0.6) is 5.75 Å². The normalized spacial score (nSPS) is 9.81. The first kappa shape index (κ1) is 12.3. The molecule has 1 N–H and O–H groups in total. The summed E-state index contributed by atoms with van der Waals surface area (Å²) in [6, 6.07) is 6.61. The molecule has 1 rings (SSSR count). The minimum atomic E-state index is 0.0769. The van der Waals surface area contributed by atoms with E-state index < -0.39 is 0 Å². The van der Waals surface area contributed by atoms with E-state index in [0.29, 0.717) is 13.0 Å². The van der Waals surface area contributed by atoms with Gasteiger partial charge < -0.3 is 10.0 Å². The average Bonchev–Trinajstić information content (AvgIpc) is 2.28. The second-order valence-corrected chi connectivity index (χ2v) is 3.56. The molecule has 1 amide bonds. The van der Waals surface area contributed by atoms with Gasteiger partial charge in [0.15, 0.2) is 0 Å². The Bertz CT molecular complexity index is 357. The number of hydrogen-bond acceptors (Lipinski definition) is 2. The summed E-state index contributed by atoms with van der Waals surface area (Å²) in [6.07, 6.45) is 3.04. The number of rotatable bonds is 5. The van der Waals surface area contributed by atoms with E-state index in [4.69, 9.17) is 0 Å². The van der Waals surface area contributed by atoms with E-state index in [2.05, 4.69) is 6.58 Å². The molecule has 3 nitrogen and oxygen atoms in total. The molecule has 0 saturated carbocycles. The molecule has 0 radical (unpaired) electrons. The zero-order valence-corrected chi connectivity index (χ0v) is 9.52. The predicted molar refractivity (Wildman–Crippen MR) is 65.6 cm³/mol. The van der Waals surface area contributed by atoms with Crippen molar-refractivity contribution in [1.29, 1.82) is 0 Å². The summed E-state index contributed by atoms with van der Waals surface area (Å²) < 4.78 is 0. The number of amides is 1. The molecule has 86 valence electrons. The Hall–Kier alpha value is -1.77. The fourth-order valence-corrected chi connectivity index (χ4v) is 1.46. The maximum atomic E-state index is 11.8. The third-order valence-corrected chi connectivity index (χ3v) is 2.24. The fourth-order valence-electron chi connectivity index (χ4n) is 1.46. The van der Waals surface area contributed by atoms with Gasteiger partial charge in [-0.3, -0.25) is 4.79 Å². The van der Waals surface area contributed by atoms with Crippen molar-refractivity contribution in [2.45, 2.75) is 19.8 Å². The van der Waals surface area contributed by atoms with Crippen LogP contribution >= 0.6 is 0 Å². The molecule has 0 bridgehead atoms. The summed E-state index contributed by atoms with van der Waals surface area (Å²) in [5.41, 5.74) is 0.788. The van der Waals surface area contributed by atoms with E-state index in [9.17, 15) is 9.90 Å². The molecule has 0 unspecified atom stereocenters. The predicted octanol–water partition coefficient (Wildman–Crippen LogP) is 2.71. The monoisotopic (exact) mass is 219 g/mol. The molecule has 0 saturated heterocycles. The summed E-state index contributed by atoms with van der Waals surface area (Å²) in [5.74, 6) is 0.276. The Morgan fingerprint density at radius 2 is 2.06 bits per heavy atom. The molecular weight excluding hydrogens is 202 g/mol. The standard InChI is InChI=1S/C13H17NO2/c1-3-5-13(16)14(10-4-2)11-6-8-12(15)9-7-11/h4,6-9,15H,2-3,5,10H2,1H3. The lowest BCUT2D eigenvalue weighted by Gasteiger charge is -2.21. The molecule has 0 heterocycles. The largest absolute Gasteiger partial charge is 0.508 e. The third-order valence-electron chi connectivity index (χ3n) is 2.24. The van der Waals surface area contributed by atoms with Gasteiger partial charge >= 0.3 is 0 Å². The quantitative estimate of drug-likeness (QED) is 0.773. The third kappa shape index (κ3) is 3.12. The summed E-state index contributed by atoms with van der Waals surface area (Å²) in [6.45, 7) is 6.11. The van der Waals surface area contributed by atoms with Gasteiger partial charge in [-0.2, -0.15) is 0 Å². The first-order valence-electron chi connectivity index (χ1n) is 5.39. The Kier molecular flexibility index (Phi) is 4.58. The molecule has 0 aliphatic carbocycles. The number of carbonyl (C=O) groups is 1. The zero-order chi connectivity index (χ0) is 12.0. The van der Waals surface area contributed by atoms with E-state index in [-0.39, 0.29) is 11.7 Å². The van der Waals surface area contributed by atoms with Gasteiger partial charge in [0, 0.05) is 18.7 Å². The average molecular weight is 219 g/mol. The lowest BCUT2D eigenvalue weighted by atomic mass is 10.2. The van der Waals surface area contributed by atoms with Gasteiger partial charge in [0.05, 0.1) is 0 Å². The van der Waals surface area contributed by atoms with Gasteiger partial charge in [0.2, 0.25) is 5.91 Å². The van der Waals surface area contributed by atoms with Crippen LogP contribution in [0.25, 0.3) is 0 Å². The van der Waals surface area contributed by atoms with Crippen LogP contribution in [0.4, 0.5) is 5.69 Å². The molecular formula is C13H17NO2. The maximum absolute atomic E-state index is 11.8. The van der Waals surface area contributed by atoms with E-state index in [0.717, 1.165) is 12.1 Å². The minimum Gasteiger partial charge on any atom is -0.508 e. The van der Waals surface area contributed by atoms with Crippen LogP contribution < -0.4 is 4.90 Å². The number of carbonyl (C=O) groups excluding carboxylic acids is 1. The highest BCUT2D eigenvalue weighted by atomic mass is 16.3. The molecule has 1 aromatic carbocycles. The highest BCUT2D eigenvalue weighted by molar-refractivity contribution is 5.93. The van der Waals surface area contributed by atoms with Crippen LogP contribution in [-0.4, -0.2) is 17.6 Å². The summed E-state index contributed by atoms with van der Waals surface area (Å²) in [7, 11) is 0. The van der Waals surface area contributed by atoms with Crippen molar-refractivity contribution >= 4 is 11.6 Å². The minimum absolute atomic E-state index is 0.0769. The van der Waals surface area contributed by atoms with E-state index in [1.165, 1.54) is 0 Å². The van der Waals surface area contributed by atoms with Gasteiger partial charge in [0.25, 0.3) is 0 Å². The number of phenols is 1. The molecule has 0 aliphatic rings. The van der Waals surface area contributed by atoms with Crippen LogP contribution in [-0.2, 0) is 4.79 Å². The van der Waals surface area contributed by atoms with E-state index in [1.807, 2.05) is 6.92 Å². The fraction of sp³-hybridized carbons (Fsp3) is 0.308. The molecule has 0 atom stereocenters. The van der Waals surface area contributed by atoms with Crippen LogP contribution in [0.2, 0.25) is 0 Å². The Morgan fingerprint density at radius 3 is 2.56 bits per heavy atom. The van der Waals surface area contributed by atoms with Crippen molar-refractivity contribution in [2.24, 2.45) is 0 Å². The lowest BCUT2D eigenvalue weighted by Crippen LogP contribution is -2.30. The van der Waals surface area contributed by atoms with Gasteiger partial charge in [-0.25, -0.2) is 0 Å². The van der Waals surface area contributed by atoms with Gasteiger partial charge in [-0.15, -0.1) is 6.58 Å². The molecule has 0 fully saturated rings. The highest BCUT2D eigenvalue weighted by Gasteiger charge is 2.12. The van der Waals surface area contributed by atoms with Crippen molar-refractivity contribution in [3.05, 3.63) is 36.9 Å². The second kappa shape index (κ2) is 5.95. The highest BCUT2D eigenvalue weighted by Crippen LogP contribution is 2.19. The molecule has 16 heavy (non-hydrogen) atoms. The number of phenolic OH excluding ortho intramolecular Hbond substituents is 1. The van der Waals surface area contributed by atoms with E-state index >= 15 is 0 Å². The molecule has 0 aromatic heterocycles. The lowest BCUT2D eigenvalue weighted by molar-refractivity contribution is -0.118. The number of anilines is 1. The smallest absolute Gasteiger partial charge is 0.227 e. The SMILES string of the molecule is C=CCN(C(=O)CCC)c1ccc(O)cc1. The van der Waals surface area contributed by atoms with Crippen LogP contribution in [0.1, 0.15) is 19.8 Å². The Balaban J connectivity index is 2.88. The Labute approximate surface area is 96.0 Å². The molecule has 3 heteroatoms. The molecule has 0 spiro atoms. The van der Waals surface area contributed by atoms with Gasteiger partial charge in [0.1, 0.15) is 5.75 Å². The Morgan fingerprint density at radius 1 is 1.44 bits per heavy atom. The number of benzene rings is 1. The number of aromatic hydroxyl groups is 1. The topological polar surface area (TPSA) is 40.5 Å². The van der Waals surface area contributed by atoms with Crippen molar-refractivity contribution in [3.63, 3.8) is 0 Å². The van der Waals surface area contributed by atoms with Gasteiger partial charge in [-0.1, -0.05) is 13.0 Å². The van der Waals surface area contributed by atoms with Crippen LogP contribution in [0.15, 0.2) is 36.9 Å². The van der Waals surface area contributed by atoms with Crippen molar-refractivity contribution in [2.75, 3.05) is 11.4 Å². The van der Waals surface area contributed by atoms with Crippen LogP contribution in [0.3, 0.4) is 0 Å². The number of nitrogens with zero attached hydrogens (tertiary/aromatic N) is 1. The van der Waals surface area contributed by atoms with Crippen molar-refractivity contribution in [3.8, 4) is 5.75 Å². The van der Waals surface area contributed by atoms with Gasteiger partial charge in [-0.05, 0) is 30.7 Å². The summed E-state index contributed by atoms with van der Waals surface area (Å²) >= 11 is 0. The van der Waals surface area contributed by atoms with E-state index in [1.54, 1.807) is 35.2 Å². The van der Waals surface area contributed by atoms with Crippen molar-refractivity contribution in [1.82, 2.24) is 0 Å². The first-order chi connectivity index (χ1) is 7.69. The second-order valence-electron chi connectivity index (χ2n) is 3.56. The first-order valence-corrected chi connectivity index (χ1v) is 5.39. The summed E-state index contributed by atoms with van der Waals surface area (Å²) in [4.78, 5) is 13.5. The zero-order valence-electron chi connectivity index (χ0n) is 9.52. The molecule has 0 aliphatic heterocycles. The number of hydrogen-bond donors (Lipinski definition) is 1. The van der Waals surface area contributed by atoms with Crippen LogP contribution in [0, 0.1) is 0 Å². The van der Waals surface area contributed by atoms with Crippen molar-refractivity contribution < 1.29 is 9.90 Å². The maximum Gasteiger partial charge on any atom is 0.227 e. The molecule has 1 aromatic rings. The summed E-state index contributed by atoms with van der Waals surface area (Å²) in [5, 5.41) is 9.19.